The number of nitrogens with zero attached hydrogens (tertiary/aromatic N) is 1. The molecule has 0 bridgehead atoms. The van der Waals surface area contributed by atoms with Crippen LogP contribution in [0, 0.1) is 0 Å². The Morgan fingerprint density at radius 1 is 1.05 bits per heavy atom. The Labute approximate surface area is 118 Å². The predicted octanol–water partition coefficient (Wildman–Crippen LogP) is 5.09. The Morgan fingerprint density at radius 2 is 1.63 bits per heavy atom. The molecule has 2 unspecified atom stereocenters. The molecule has 1 heterocycles. The number of hydrogen-bond acceptors (Lipinski definition) is 2. The Bertz CT molecular complexity index is 433. The molecule has 2 rings (SSSR count). The highest BCUT2D eigenvalue weighted by atomic mass is 31.2. The summed E-state index contributed by atoms with van der Waals surface area (Å²) in [5.74, 6) is 1.06. The van der Waals surface area contributed by atoms with Gasteiger partial charge in [-0.2, -0.15) is 0 Å². The number of allylic oxidation sites excluding steroid dienone is 2. The normalized spacial score (nSPS) is 23.1. The van der Waals surface area contributed by atoms with Gasteiger partial charge >= 0.3 is 0 Å². The van der Waals surface area contributed by atoms with E-state index in [1.807, 2.05) is 0 Å². The topological polar surface area (TPSA) is 12.5 Å². The molecule has 0 N–H and O–H groups in total. The maximum atomic E-state index is 6.16. The first-order valence-corrected chi connectivity index (χ1v) is 8.27. The highest BCUT2D eigenvalue weighted by Gasteiger charge is 2.37. The molecule has 0 radical (unpaired) electrons. The predicted molar refractivity (Wildman–Crippen MR) is 83.1 cm³/mol. The van der Waals surface area contributed by atoms with Crippen molar-refractivity contribution in [3.63, 3.8) is 0 Å². The van der Waals surface area contributed by atoms with Gasteiger partial charge in [-0.1, -0.05) is 30.3 Å². The number of benzene rings is 1. The van der Waals surface area contributed by atoms with Gasteiger partial charge in [0.2, 0.25) is 0 Å². The second kappa shape index (κ2) is 6.07. The molecule has 3 heteroatoms. The summed E-state index contributed by atoms with van der Waals surface area (Å²) in [7, 11) is -0.626. The van der Waals surface area contributed by atoms with E-state index in [2.05, 4.69) is 75.7 Å². The second-order valence-electron chi connectivity index (χ2n) is 5.59. The van der Waals surface area contributed by atoms with Crippen LogP contribution in [-0.4, -0.2) is 16.8 Å². The second-order valence-corrected chi connectivity index (χ2v) is 7.40. The third kappa shape index (κ3) is 3.19. The molecule has 19 heavy (non-hydrogen) atoms. The van der Waals surface area contributed by atoms with Crippen LogP contribution >= 0.6 is 8.30 Å². The molecule has 2 atom stereocenters. The summed E-state index contributed by atoms with van der Waals surface area (Å²) in [6.07, 6.45) is 2.28. The summed E-state index contributed by atoms with van der Waals surface area (Å²) in [5, 5.41) is 0. The quantitative estimate of drug-likeness (QED) is 0.710. The third-order valence-electron chi connectivity index (χ3n) is 3.29. The Balaban J connectivity index is 2.30. The van der Waals surface area contributed by atoms with Gasteiger partial charge in [-0.3, -0.25) is 0 Å². The molecule has 2 nitrogen and oxygen atoms in total. The highest BCUT2D eigenvalue weighted by molar-refractivity contribution is 7.51. The van der Waals surface area contributed by atoms with Crippen molar-refractivity contribution in [2.24, 2.45) is 0 Å². The fourth-order valence-electron chi connectivity index (χ4n) is 2.64. The molecule has 0 spiro atoms. The summed E-state index contributed by atoms with van der Waals surface area (Å²) in [6.45, 7) is 11.1. The first-order valence-electron chi connectivity index (χ1n) is 6.99. The minimum absolute atomic E-state index is 0.390. The van der Waals surface area contributed by atoms with Crippen LogP contribution in [0.5, 0.6) is 0 Å². The first-order chi connectivity index (χ1) is 9.00. The summed E-state index contributed by atoms with van der Waals surface area (Å²) >= 11 is 0. The molecule has 0 saturated heterocycles. The van der Waals surface area contributed by atoms with E-state index in [1.165, 1.54) is 5.56 Å². The van der Waals surface area contributed by atoms with E-state index in [9.17, 15) is 0 Å². The van der Waals surface area contributed by atoms with Crippen LogP contribution in [-0.2, 0) is 4.52 Å². The van der Waals surface area contributed by atoms with Crippen molar-refractivity contribution in [1.82, 2.24) is 4.67 Å². The lowest BCUT2D eigenvalue weighted by molar-refractivity contribution is 0.286. The Morgan fingerprint density at radius 3 is 2.16 bits per heavy atom. The fraction of sp³-hybridized carbons (Fsp3) is 0.500. The minimum Gasteiger partial charge on any atom is -0.462 e. The largest absolute Gasteiger partial charge is 0.462 e. The lowest BCUT2D eigenvalue weighted by atomic mass is 10.1. The summed E-state index contributed by atoms with van der Waals surface area (Å²) in [6, 6.07) is 11.7. The van der Waals surface area contributed by atoms with Gasteiger partial charge in [-0.05, 0) is 46.3 Å². The highest BCUT2D eigenvalue weighted by Crippen LogP contribution is 2.62. The molecule has 104 valence electrons. The third-order valence-corrected chi connectivity index (χ3v) is 6.07. The zero-order valence-corrected chi connectivity index (χ0v) is 13.4. The Hall–Kier alpha value is -0.850. The average molecular weight is 277 g/mol. The Kier molecular flexibility index (Phi) is 4.65. The lowest BCUT2D eigenvalue weighted by Crippen LogP contribution is -2.33. The van der Waals surface area contributed by atoms with Crippen LogP contribution in [0.3, 0.4) is 0 Å². The maximum Gasteiger partial charge on any atom is 0.175 e. The van der Waals surface area contributed by atoms with Crippen LogP contribution in [0.15, 0.2) is 42.2 Å². The van der Waals surface area contributed by atoms with E-state index in [1.54, 1.807) is 0 Å². The molecule has 0 amide bonds. The zero-order chi connectivity index (χ0) is 14.0. The van der Waals surface area contributed by atoms with E-state index in [4.69, 9.17) is 4.52 Å². The van der Waals surface area contributed by atoms with Gasteiger partial charge in [0.25, 0.3) is 0 Å². The summed E-state index contributed by atoms with van der Waals surface area (Å²) in [5.41, 5.74) is 1.75. The van der Waals surface area contributed by atoms with Crippen molar-refractivity contribution >= 4 is 8.30 Å². The van der Waals surface area contributed by atoms with Crippen molar-refractivity contribution in [3.05, 3.63) is 47.7 Å². The van der Waals surface area contributed by atoms with Crippen molar-refractivity contribution in [2.45, 2.75) is 52.4 Å². The van der Waals surface area contributed by atoms with Gasteiger partial charge in [-0.15, -0.1) is 0 Å². The molecule has 0 aromatic heterocycles. The SMILES string of the molecule is CC1=CC(c2ccccc2)P(N(C(C)C)C(C)C)O1. The van der Waals surface area contributed by atoms with E-state index >= 15 is 0 Å². The molecule has 1 aliphatic rings. The van der Waals surface area contributed by atoms with Crippen molar-refractivity contribution in [1.29, 1.82) is 0 Å². The van der Waals surface area contributed by atoms with Crippen LogP contribution in [0.1, 0.15) is 45.8 Å². The fourth-order valence-corrected chi connectivity index (χ4v) is 5.16. The molecule has 0 aliphatic carbocycles. The standard InChI is InChI=1S/C16H24NOP/c1-12(2)17(13(3)4)19-16(11-14(5)18-19)15-9-7-6-8-10-15/h6-13,16H,1-5H3. The van der Waals surface area contributed by atoms with Crippen LogP contribution in [0.4, 0.5) is 0 Å². The molecule has 1 aromatic rings. The molecule has 1 aromatic carbocycles. The van der Waals surface area contributed by atoms with Gasteiger partial charge < -0.3 is 4.52 Å². The summed E-state index contributed by atoms with van der Waals surface area (Å²) < 4.78 is 8.68. The molecule has 0 fully saturated rings. The summed E-state index contributed by atoms with van der Waals surface area (Å²) in [4.78, 5) is 0. The lowest BCUT2D eigenvalue weighted by Gasteiger charge is -2.37. The van der Waals surface area contributed by atoms with Crippen LogP contribution < -0.4 is 0 Å². The molecule has 0 saturated carbocycles. The van der Waals surface area contributed by atoms with E-state index in [0.29, 0.717) is 17.7 Å². The van der Waals surface area contributed by atoms with E-state index < -0.39 is 8.30 Å². The van der Waals surface area contributed by atoms with Gasteiger partial charge in [0.05, 0.1) is 11.4 Å². The minimum atomic E-state index is -0.626. The van der Waals surface area contributed by atoms with Crippen LogP contribution in [0.25, 0.3) is 0 Å². The van der Waals surface area contributed by atoms with Gasteiger partial charge in [0.1, 0.15) is 0 Å². The van der Waals surface area contributed by atoms with Crippen molar-refractivity contribution < 1.29 is 4.52 Å². The number of hydrogen-bond donors (Lipinski definition) is 0. The molecule has 1 aliphatic heterocycles. The molecular weight excluding hydrogens is 253 g/mol. The van der Waals surface area contributed by atoms with Crippen LogP contribution in [0.2, 0.25) is 0 Å². The van der Waals surface area contributed by atoms with Crippen molar-refractivity contribution in [3.8, 4) is 0 Å². The molecular formula is C16H24NOP. The maximum absolute atomic E-state index is 6.16. The smallest absolute Gasteiger partial charge is 0.175 e. The zero-order valence-electron chi connectivity index (χ0n) is 12.5. The van der Waals surface area contributed by atoms with Gasteiger partial charge in [0.15, 0.2) is 8.30 Å². The monoisotopic (exact) mass is 277 g/mol. The van der Waals surface area contributed by atoms with Gasteiger partial charge in [-0.25, -0.2) is 4.67 Å². The first kappa shape index (κ1) is 14.6. The van der Waals surface area contributed by atoms with E-state index in [0.717, 1.165) is 5.76 Å². The van der Waals surface area contributed by atoms with Crippen molar-refractivity contribution in [2.75, 3.05) is 0 Å². The van der Waals surface area contributed by atoms with Gasteiger partial charge in [0, 0.05) is 12.1 Å². The van der Waals surface area contributed by atoms with E-state index in [-0.39, 0.29) is 0 Å². The average Bonchev–Trinajstić information content (AvgIpc) is 2.71. The number of rotatable bonds is 4.